The average Bonchev–Trinajstić information content (AvgIpc) is 2.76. The maximum atomic E-state index is 6.25. The van der Waals surface area contributed by atoms with Gasteiger partial charge in [0, 0.05) is 14.9 Å². The van der Waals surface area contributed by atoms with Crippen LogP contribution in [0.2, 0.25) is 5.02 Å². The van der Waals surface area contributed by atoms with Gasteiger partial charge in [-0.3, -0.25) is 0 Å². The molecule has 0 amide bonds. The van der Waals surface area contributed by atoms with Crippen LogP contribution in [0.3, 0.4) is 0 Å². The van der Waals surface area contributed by atoms with Crippen molar-refractivity contribution in [3.05, 3.63) is 81.3 Å². The van der Waals surface area contributed by atoms with Crippen molar-refractivity contribution in [2.75, 3.05) is 0 Å². The van der Waals surface area contributed by atoms with Gasteiger partial charge < -0.3 is 0 Å². The first-order valence-electron chi connectivity index (χ1n) is 7.68. The van der Waals surface area contributed by atoms with E-state index in [1.165, 1.54) is 33.4 Å². The van der Waals surface area contributed by atoms with Gasteiger partial charge in [-0.1, -0.05) is 77.8 Å². The van der Waals surface area contributed by atoms with Crippen molar-refractivity contribution in [3.8, 4) is 22.3 Å². The zero-order chi connectivity index (χ0) is 16.2. The molecule has 0 aliphatic heterocycles. The van der Waals surface area contributed by atoms with Crippen LogP contribution in [0.4, 0.5) is 0 Å². The summed E-state index contributed by atoms with van der Waals surface area (Å²) in [6, 6.07) is 21.3. The van der Waals surface area contributed by atoms with E-state index < -0.39 is 0 Å². The predicted octanol–water partition coefficient (Wildman–Crippen LogP) is 7.08. The average molecular weight is 384 g/mol. The summed E-state index contributed by atoms with van der Waals surface area (Å²) < 4.78 is 1.16. The van der Waals surface area contributed by atoms with Crippen molar-refractivity contribution in [2.45, 2.75) is 19.3 Å². The van der Waals surface area contributed by atoms with Gasteiger partial charge in [0.1, 0.15) is 0 Å². The second-order valence-electron chi connectivity index (χ2n) is 6.56. The van der Waals surface area contributed by atoms with Crippen molar-refractivity contribution >= 4 is 27.5 Å². The molecule has 3 aromatic rings. The summed E-state index contributed by atoms with van der Waals surface area (Å²) in [5, 5.41) is 0.795. The van der Waals surface area contributed by atoms with Gasteiger partial charge in [-0.05, 0) is 57.6 Å². The highest BCUT2D eigenvalue weighted by Gasteiger charge is 2.37. The van der Waals surface area contributed by atoms with Crippen LogP contribution >= 0.6 is 27.5 Å². The van der Waals surface area contributed by atoms with Crippen LogP contribution in [0.25, 0.3) is 22.3 Å². The highest BCUT2D eigenvalue weighted by molar-refractivity contribution is 9.10. The van der Waals surface area contributed by atoms with Crippen molar-refractivity contribution in [3.63, 3.8) is 0 Å². The quantitative estimate of drug-likeness (QED) is 0.421. The number of fused-ring (bicyclic) bond motifs is 3. The molecule has 0 heterocycles. The molecule has 4 rings (SSSR count). The van der Waals surface area contributed by atoms with E-state index >= 15 is 0 Å². The zero-order valence-corrected chi connectivity index (χ0v) is 15.4. The Labute approximate surface area is 150 Å². The van der Waals surface area contributed by atoms with Crippen LogP contribution in [0.5, 0.6) is 0 Å². The largest absolute Gasteiger partial charge is 0.0843 e. The Morgan fingerprint density at radius 2 is 1.57 bits per heavy atom. The molecule has 0 saturated carbocycles. The Balaban J connectivity index is 2.01. The molecule has 0 spiro atoms. The Morgan fingerprint density at radius 1 is 0.826 bits per heavy atom. The molecule has 2 heteroatoms. The standard InChI is InChI=1S/C21H16BrCl/c1-21(2)18-12-15(23)8-9-16(18)17-10-14(11-19(22)20(17)21)13-6-4-3-5-7-13/h3-12H,1-2H3. The Bertz CT molecular complexity index is 911. The van der Waals surface area contributed by atoms with E-state index in [9.17, 15) is 0 Å². The molecule has 0 aromatic heterocycles. The molecule has 23 heavy (non-hydrogen) atoms. The van der Waals surface area contributed by atoms with E-state index in [0.717, 1.165) is 9.50 Å². The fourth-order valence-corrected chi connectivity index (χ4v) is 4.78. The first-order chi connectivity index (χ1) is 11.0. The normalized spacial score (nSPS) is 14.4. The first kappa shape index (κ1) is 15.0. The van der Waals surface area contributed by atoms with E-state index in [1.807, 2.05) is 12.1 Å². The molecule has 0 atom stereocenters. The minimum atomic E-state index is -0.0520. The third kappa shape index (κ3) is 2.26. The molecule has 0 nitrogen and oxygen atoms in total. The number of rotatable bonds is 1. The zero-order valence-electron chi connectivity index (χ0n) is 13.0. The van der Waals surface area contributed by atoms with Crippen molar-refractivity contribution in [1.29, 1.82) is 0 Å². The summed E-state index contributed by atoms with van der Waals surface area (Å²) in [4.78, 5) is 0. The Hall–Kier alpha value is -1.57. The molecule has 1 aliphatic carbocycles. The molecule has 3 aromatic carbocycles. The van der Waals surface area contributed by atoms with Crippen LogP contribution in [0.1, 0.15) is 25.0 Å². The molecular formula is C21H16BrCl. The third-order valence-electron chi connectivity index (χ3n) is 4.77. The summed E-state index contributed by atoms with van der Waals surface area (Å²) in [5.41, 5.74) is 7.64. The maximum absolute atomic E-state index is 6.25. The summed E-state index contributed by atoms with van der Waals surface area (Å²) in [7, 11) is 0. The summed E-state index contributed by atoms with van der Waals surface area (Å²) in [6.45, 7) is 4.53. The monoisotopic (exact) mass is 382 g/mol. The summed E-state index contributed by atoms with van der Waals surface area (Å²) in [5.74, 6) is 0. The van der Waals surface area contributed by atoms with Crippen LogP contribution in [-0.4, -0.2) is 0 Å². The number of benzene rings is 3. The predicted molar refractivity (Wildman–Crippen MR) is 102 cm³/mol. The SMILES string of the molecule is CC1(C)c2cc(Cl)ccc2-c2cc(-c3ccccc3)cc(Br)c21. The van der Waals surface area contributed by atoms with Gasteiger partial charge in [-0.25, -0.2) is 0 Å². The lowest BCUT2D eigenvalue weighted by Crippen LogP contribution is -2.15. The minimum absolute atomic E-state index is 0.0520. The first-order valence-corrected chi connectivity index (χ1v) is 8.85. The lowest BCUT2D eigenvalue weighted by molar-refractivity contribution is 0.657. The second-order valence-corrected chi connectivity index (χ2v) is 7.85. The number of halogens is 2. The van der Waals surface area contributed by atoms with Crippen molar-refractivity contribution in [1.82, 2.24) is 0 Å². The van der Waals surface area contributed by atoms with E-state index in [1.54, 1.807) is 0 Å². The van der Waals surface area contributed by atoms with Crippen molar-refractivity contribution < 1.29 is 0 Å². The molecule has 114 valence electrons. The Morgan fingerprint density at radius 3 is 2.30 bits per heavy atom. The van der Waals surface area contributed by atoms with Crippen LogP contribution < -0.4 is 0 Å². The maximum Gasteiger partial charge on any atom is 0.0409 e. The van der Waals surface area contributed by atoms with Gasteiger partial charge in [0.2, 0.25) is 0 Å². The molecule has 1 aliphatic rings. The van der Waals surface area contributed by atoms with E-state index in [0.29, 0.717) is 0 Å². The highest BCUT2D eigenvalue weighted by Crippen LogP contribution is 2.53. The summed E-state index contributed by atoms with van der Waals surface area (Å²) in [6.07, 6.45) is 0. The van der Waals surface area contributed by atoms with Crippen LogP contribution in [0, 0.1) is 0 Å². The summed E-state index contributed by atoms with van der Waals surface area (Å²) >= 11 is 10.1. The molecule has 0 fully saturated rings. The van der Waals surface area contributed by atoms with Gasteiger partial charge in [-0.2, -0.15) is 0 Å². The third-order valence-corrected chi connectivity index (χ3v) is 5.63. The lowest BCUT2D eigenvalue weighted by atomic mass is 9.82. The highest BCUT2D eigenvalue weighted by atomic mass is 79.9. The smallest absolute Gasteiger partial charge is 0.0409 e. The second kappa shape index (κ2) is 5.22. The number of hydrogen-bond acceptors (Lipinski definition) is 0. The molecule has 0 unspecified atom stereocenters. The van der Waals surface area contributed by atoms with Gasteiger partial charge in [0.15, 0.2) is 0 Å². The van der Waals surface area contributed by atoms with E-state index in [-0.39, 0.29) is 5.41 Å². The Kier molecular flexibility index (Phi) is 3.40. The van der Waals surface area contributed by atoms with Gasteiger partial charge >= 0.3 is 0 Å². The van der Waals surface area contributed by atoms with E-state index in [4.69, 9.17) is 11.6 Å². The van der Waals surface area contributed by atoms with E-state index in [2.05, 4.69) is 78.3 Å². The number of hydrogen-bond donors (Lipinski definition) is 0. The van der Waals surface area contributed by atoms with Crippen molar-refractivity contribution in [2.24, 2.45) is 0 Å². The minimum Gasteiger partial charge on any atom is -0.0843 e. The fourth-order valence-electron chi connectivity index (χ4n) is 3.65. The van der Waals surface area contributed by atoms with Gasteiger partial charge in [0.25, 0.3) is 0 Å². The lowest BCUT2D eigenvalue weighted by Gasteiger charge is -2.23. The van der Waals surface area contributed by atoms with Gasteiger partial charge in [-0.15, -0.1) is 0 Å². The van der Waals surface area contributed by atoms with Crippen LogP contribution in [-0.2, 0) is 5.41 Å². The molecule has 0 saturated heterocycles. The van der Waals surface area contributed by atoms with Gasteiger partial charge in [0.05, 0.1) is 0 Å². The fraction of sp³-hybridized carbons (Fsp3) is 0.143. The molecule has 0 N–H and O–H groups in total. The molecular weight excluding hydrogens is 368 g/mol. The van der Waals surface area contributed by atoms with Crippen LogP contribution in [0.15, 0.2) is 65.1 Å². The molecule has 0 bridgehead atoms. The topological polar surface area (TPSA) is 0 Å². The molecule has 0 radical (unpaired) electrons.